The Balaban J connectivity index is 1.59. The highest BCUT2D eigenvalue weighted by Crippen LogP contribution is 2.35. The summed E-state index contributed by atoms with van der Waals surface area (Å²) in [5.41, 5.74) is 0.687. The standard InChI is InChI=1S/C21H26N4O5/c1-4-24-20(26)16-7-5-6-8-17(16)25(21(24)27)12-18-22-19(23-30-18)13-9-14(28-2)11-15(10-13)29-3/h9-11,16-17H,4-8,12H2,1-3H3. The summed E-state index contributed by atoms with van der Waals surface area (Å²) in [5, 5.41) is 4.07. The zero-order chi connectivity index (χ0) is 21.3. The Hall–Kier alpha value is -3.10. The number of carbonyl (C=O) groups excluding carboxylic acids is 2. The van der Waals surface area contributed by atoms with Crippen molar-refractivity contribution in [3.05, 3.63) is 24.1 Å². The van der Waals surface area contributed by atoms with Crippen LogP contribution in [0.3, 0.4) is 0 Å². The first kappa shape index (κ1) is 20.2. The summed E-state index contributed by atoms with van der Waals surface area (Å²) in [6.07, 6.45) is 3.63. The number of benzene rings is 1. The molecular weight excluding hydrogens is 388 g/mol. The molecule has 2 heterocycles. The summed E-state index contributed by atoms with van der Waals surface area (Å²) in [4.78, 5) is 33.2. The van der Waals surface area contributed by atoms with Crippen molar-refractivity contribution in [2.75, 3.05) is 20.8 Å². The molecule has 1 saturated heterocycles. The molecular formula is C21H26N4O5. The van der Waals surface area contributed by atoms with Crippen LogP contribution in [0.2, 0.25) is 0 Å². The van der Waals surface area contributed by atoms with Crippen LogP contribution in [0.15, 0.2) is 22.7 Å². The van der Waals surface area contributed by atoms with Crippen LogP contribution < -0.4 is 9.47 Å². The minimum absolute atomic E-state index is 0.0573. The molecule has 30 heavy (non-hydrogen) atoms. The highest BCUT2D eigenvalue weighted by atomic mass is 16.5. The Morgan fingerprint density at radius 2 is 1.80 bits per heavy atom. The topological polar surface area (TPSA) is 98.0 Å². The van der Waals surface area contributed by atoms with Crippen LogP contribution in [0.1, 0.15) is 38.5 Å². The highest BCUT2D eigenvalue weighted by Gasteiger charge is 2.46. The summed E-state index contributed by atoms with van der Waals surface area (Å²) in [6.45, 7) is 2.35. The van der Waals surface area contributed by atoms with Gasteiger partial charge in [0, 0.05) is 24.2 Å². The molecule has 2 fully saturated rings. The molecule has 1 aliphatic heterocycles. The second-order valence-electron chi connectivity index (χ2n) is 7.56. The lowest BCUT2D eigenvalue weighted by atomic mass is 9.81. The van der Waals surface area contributed by atoms with Crippen LogP contribution in [0.4, 0.5) is 4.79 Å². The van der Waals surface area contributed by atoms with Crippen molar-refractivity contribution in [1.82, 2.24) is 19.9 Å². The molecule has 4 rings (SSSR count). The van der Waals surface area contributed by atoms with E-state index in [1.165, 1.54) is 4.90 Å². The number of fused-ring (bicyclic) bond motifs is 1. The maximum Gasteiger partial charge on any atom is 0.327 e. The van der Waals surface area contributed by atoms with Gasteiger partial charge < -0.3 is 18.9 Å². The number of imide groups is 1. The van der Waals surface area contributed by atoms with Crippen LogP contribution in [0.25, 0.3) is 11.4 Å². The van der Waals surface area contributed by atoms with E-state index >= 15 is 0 Å². The van der Waals surface area contributed by atoms with E-state index in [9.17, 15) is 9.59 Å². The smallest absolute Gasteiger partial charge is 0.327 e. The Morgan fingerprint density at radius 1 is 1.10 bits per heavy atom. The van der Waals surface area contributed by atoms with Crippen molar-refractivity contribution in [2.24, 2.45) is 5.92 Å². The van der Waals surface area contributed by atoms with E-state index in [2.05, 4.69) is 10.1 Å². The molecule has 2 aromatic rings. The summed E-state index contributed by atoms with van der Waals surface area (Å²) < 4.78 is 16.0. The quantitative estimate of drug-likeness (QED) is 0.716. The summed E-state index contributed by atoms with van der Waals surface area (Å²) in [6, 6.07) is 4.94. The summed E-state index contributed by atoms with van der Waals surface area (Å²) >= 11 is 0. The predicted molar refractivity (Wildman–Crippen MR) is 107 cm³/mol. The molecule has 1 aromatic carbocycles. The lowest BCUT2D eigenvalue weighted by Crippen LogP contribution is -2.61. The molecule has 9 nitrogen and oxygen atoms in total. The number of rotatable bonds is 6. The minimum Gasteiger partial charge on any atom is -0.497 e. The number of methoxy groups -OCH3 is 2. The van der Waals surface area contributed by atoms with E-state index in [4.69, 9.17) is 14.0 Å². The molecule has 1 aliphatic carbocycles. The molecule has 2 unspecified atom stereocenters. The van der Waals surface area contributed by atoms with Crippen LogP contribution >= 0.6 is 0 Å². The number of amides is 3. The third-order valence-corrected chi connectivity index (χ3v) is 5.89. The molecule has 3 amide bonds. The van der Waals surface area contributed by atoms with Gasteiger partial charge in [-0.15, -0.1) is 0 Å². The molecule has 9 heteroatoms. The molecule has 0 bridgehead atoms. The van der Waals surface area contributed by atoms with E-state index < -0.39 is 0 Å². The zero-order valence-corrected chi connectivity index (χ0v) is 17.5. The average molecular weight is 414 g/mol. The molecule has 2 aliphatic rings. The number of hydrogen-bond donors (Lipinski definition) is 0. The van der Waals surface area contributed by atoms with Gasteiger partial charge in [-0.1, -0.05) is 18.0 Å². The number of hydrogen-bond acceptors (Lipinski definition) is 7. The third-order valence-electron chi connectivity index (χ3n) is 5.89. The molecule has 0 N–H and O–H groups in total. The monoisotopic (exact) mass is 414 g/mol. The van der Waals surface area contributed by atoms with Gasteiger partial charge in [0.2, 0.25) is 17.6 Å². The molecule has 1 saturated carbocycles. The van der Waals surface area contributed by atoms with Gasteiger partial charge in [-0.3, -0.25) is 9.69 Å². The Labute approximate surface area is 174 Å². The van der Waals surface area contributed by atoms with E-state index in [0.29, 0.717) is 35.3 Å². The maximum absolute atomic E-state index is 13.0. The fraction of sp³-hybridized carbons (Fsp3) is 0.524. The van der Waals surface area contributed by atoms with Crippen molar-refractivity contribution in [1.29, 1.82) is 0 Å². The second kappa shape index (κ2) is 8.33. The van der Waals surface area contributed by atoms with Crippen molar-refractivity contribution < 1.29 is 23.6 Å². The van der Waals surface area contributed by atoms with Gasteiger partial charge in [-0.25, -0.2) is 4.79 Å². The fourth-order valence-electron chi connectivity index (χ4n) is 4.36. The van der Waals surface area contributed by atoms with Gasteiger partial charge in [-0.05, 0) is 31.9 Å². The third kappa shape index (κ3) is 3.59. The van der Waals surface area contributed by atoms with Crippen LogP contribution in [0.5, 0.6) is 11.5 Å². The van der Waals surface area contributed by atoms with Gasteiger partial charge >= 0.3 is 6.03 Å². The number of ether oxygens (including phenoxy) is 2. The largest absolute Gasteiger partial charge is 0.497 e. The van der Waals surface area contributed by atoms with Gasteiger partial charge in [-0.2, -0.15) is 4.98 Å². The number of carbonyl (C=O) groups is 2. The number of nitrogens with zero attached hydrogens (tertiary/aromatic N) is 4. The molecule has 0 radical (unpaired) electrons. The van der Waals surface area contributed by atoms with Crippen LogP contribution in [-0.2, 0) is 11.3 Å². The molecule has 2 atom stereocenters. The predicted octanol–water partition coefficient (Wildman–Crippen LogP) is 3.10. The Morgan fingerprint density at radius 3 is 2.47 bits per heavy atom. The summed E-state index contributed by atoms with van der Waals surface area (Å²) in [7, 11) is 3.15. The van der Waals surface area contributed by atoms with Crippen LogP contribution in [0, 0.1) is 5.92 Å². The highest BCUT2D eigenvalue weighted by molar-refractivity contribution is 5.98. The zero-order valence-electron chi connectivity index (χ0n) is 17.5. The maximum atomic E-state index is 13.0. The van der Waals surface area contributed by atoms with E-state index in [-0.39, 0.29) is 30.4 Å². The molecule has 160 valence electrons. The minimum atomic E-state index is -0.284. The Bertz CT molecular complexity index is 921. The lowest BCUT2D eigenvalue weighted by Gasteiger charge is -2.46. The van der Waals surface area contributed by atoms with Gasteiger partial charge in [0.1, 0.15) is 18.0 Å². The first-order valence-corrected chi connectivity index (χ1v) is 10.2. The molecule has 0 spiro atoms. The van der Waals surface area contributed by atoms with E-state index in [1.54, 1.807) is 37.3 Å². The molecule has 1 aromatic heterocycles. The normalized spacial score (nSPS) is 21.6. The van der Waals surface area contributed by atoms with Crippen molar-refractivity contribution in [3.63, 3.8) is 0 Å². The average Bonchev–Trinajstić information content (AvgIpc) is 3.25. The van der Waals surface area contributed by atoms with Crippen molar-refractivity contribution in [2.45, 2.75) is 45.2 Å². The van der Waals surface area contributed by atoms with Crippen molar-refractivity contribution >= 4 is 11.9 Å². The van der Waals surface area contributed by atoms with Crippen molar-refractivity contribution in [3.8, 4) is 22.9 Å². The van der Waals surface area contributed by atoms with E-state index in [0.717, 1.165) is 25.7 Å². The lowest BCUT2D eigenvalue weighted by molar-refractivity contribution is -0.140. The fourth-order valence-corrected chi connectivity index (χ4v) is 4.36. The van der Waals surface area contributed by atoms with Gasteiger partial charge in [0.15, 0.2) is 0 Å². The van der Waals surface area contributed by atoms with Gasteiger partial charge in [0.05, 0.1) is 20.1 Å². The summed E-state index contributed by atoms with van der Waals surface area (Å²) in [5.74, 6) is 1.73. The first-order chi connectivity index (χ1) is 14.5. The van der Waals surface area contributed by atoms with Gasteiger partial charge in [0.25, 0.3) is 0 Å². The Kier molecular flexibility index (Phi) is 5.61. The first-order valence-electron chi connectivity index (χ1n) is 10.2. The van der Waals surface area contributed by atoms with E-state index in [1.807, 2.05) is 6.92 Å². The van der Waals surface area contributed by atoms with Crippen LogP contribution in [-0.4, -0.2) is 58.7 Å². The number of aromatic nitrogens is 2. The second-order valence-corrected chi connectivity index (χ2v) is 7.56. The number of urea groups is 1. The SMILES string of the molecule is CCN1C(=O)C2CCCCC2N(Cc2nc(-c3cc(OC)cc(OC)c3)no2)C1=O.